The Balaban J connectivity index is 1.88. The molecule has 0 atom stereocenters. The standard InChI is InChI=1S/C15H12N2O4/c1-10-5-2-3-6-11(10)12(18)9-17-15(19)21-14(16-17)13-7-4-8-20-13/h2-8H,9H2,1H3. The second kappa shape index (κ2) is 5.24. The summed E-state index contributed by atoms with van der Waals surface area (Å²) < 4.78 is 11.1. The van der Waals surface area contributed by atoms with Gasteiger partial charge >= 0.3 is 5.76 Å². The average Bonchev–Trinajstić information content (AvgIpc) is 3.10. The molecule has 0 aliphatic carbocycles. The number of benzene rings is 1. The van der Waals surface area contributed by atoms with E-state index in [1.54, 1.807) is 24.3 Å². The van der Waals surface area contributed by atoms with Crippen molar-refractivity contribution in [3.05, 3.63) is 64.3 Å². The Bertz CT molecular complexity index is 827. The molecule has 0 saturated heterocycles. The average molecular weight is 284 g/mol. The highest BCUT2D eigenvalue weighted by molar-refractivity contribution is 5.97. The number of hydrogen-bond acceptors (Lipinski definition) is 5. The minimum Gasteiger partial charge on any atom is -0.459 e. The van der Waals surface area contributed by atoms with E-state index in [4.69, 9.17) is 8.83 Å². The monoisotopic (exact) mass is 284 g/mol. The van der Waals surface area contributed by atoms with E-state index in [2.05, 4.69) is 5.10 Å². The summed E-state index contributed by atoms with van der Waals surface area (Å²) in [4.78, 5) is 23.9. The van der Waals surface area contributed by atoms with Crippen LogP contribution in [0.15, 0.2) is 56.3 Å². The smallest absolute Gasteiger partial charge is 0.437 e. The fourth-order valence-electron chi connectivity index (χ4n) is 2.01. The summed E-state index contributed by atoms with van der Waals surface area (Å²) in [7, 11) is 0. The Hall–Kier alpha value is -2.89. The van der Waals surface area contributed by atoms with Gasteiger partial charge in [-0.25, -0.2) is 4.79 Å². The highest BCUT2D eigenvalue weighted by Gasteiger charge is 2.16. The van der Waals surface area contributed by atoms with Crippen LogP contribution in [0, 0.1) is 6.92 Å². The zero-order chi connectivity index (χ0) is 14.8. The molecule has 0 radical (unpaired) electrons. The largest absolute Gasteiger partial charge is 0.459 e. The minimum absolute atomic E-state index is 0.0579. The Morgan fingerprint density at radius 3 is 2.76 bits per heavy atom. The predicted octanol–water partition coefficient (Wildman–Crippen LogP) is 2.29. The maximum absolute atomic E-state index is 12.2. The van der Waals surface area contributed by atoms with Crippen LogP contribution in [-0.2, 0) is 6.54 Å². The van der Waals surface area contributed by atoms with Crippen LogP contribution in [0.25, 0.3) is 11.7 Å². The summed E-state index contributed by atoms with van der Waals surface area (Å²) >= 11 is 0. The zero-order valence-corrected chi connectivity index (χ0v) is 11.3. The van der Waals surface area contributed by atoms with Crippen molar-refractivity contribution >= 4 is 5.78 Å². The summed E-state index contributed by atoms with van der Waals surface area (Å²) in [6, 6.07) is 10.5. The molecule has 21 heavy (non-hydrogen) atoms. The lowest BCUT2D eigenvalue weighted by Crippen LogP contribution is -2.22. The molecule has 0 amide bonds. The van der Waals surface area contributed by atoms with Gasteiger partial charge < -0.3 is 8.83 Å². The molecular weight excluding hydrogens is 272 g/mol. The van der Waals surface area contributed by atoms with E-state index in [-0.39, 0.29) is 18.2 Å². The summed E-state index contributed by atoms with van der Waals surface area (Å²) in [6.07, 6.45) is 1.45. The summed E-state index contributed by atoms with van der Waals surface area (Å²) in [6.45, 7) is 1.67. The summed E-state index contributed by atoms with van der Waals surface area (Å²) in [5.41, 5.74) is 1.41. The van der Waals surface area contributed by atoms with Crippen molar-refractivity contribution in [3.63, 3.8) is 0 Å². The molecule has 0 bridgehead atoms. The summed E-state index contributed by atoms with van der Waals surface area (Å²) in [5, 5.41) is 3.97. The highest BCUT2D eigenvalue weighted by Crippen LogP contribution is 2.15. The molecule has 0 fully saturated rings. The number of carbonyl (C=O) groups excluding carboxylic acids is 1. The lowest BCUT2D eigenvalue weighted by atomic mass is 10.1. The first-order valence-corrected chi connectivity index (χ1v) is 6.36. The molecule has 0 aliphatic heterocycles. The Morgan fingerprint density at radius 2 is 2.05 bits per heavy atom. The number of Topliss-reactive ketones (excluding diaryl/α,β-unsaturated/α-hetero) is 1. The fraction of sp³-hybridized carbons (Fsp3) is 0.133. The number of ketones is 1. The van der Waals surface area contributed by atoms with Crippen LogP contribution in [0.2, 0.25) is 0 Å². The highest BCUT2D eigenvalue weighted by atomic mass is 16.4. The number of carbonyl (C=O) groups is 1. The third-order valence-corrected chi connectivity index (χ3v) is 3.08. The van der Waals surface area contributed by atoms with Gasteiger partial charge in [-0.3, -0.25) is 4.79 Å². The van der Waals surface area contributed by atoms with Gasteiger partial charge in [0.25, 0.3) is 5.89 Å². The van der Waals surface area contributed by atoms with Crippen molar-refractivity contribution in [3.8, 4) is 11.7 Å². The van der Waals surface area contributed by atoms with E-state index >= 15 is 0 Å². The van der Waals surface area contributed by atoms with Crippen LogP contribution >= 0.6 is 0 Å². The normalized spacial score (nSPS) is 10.7. The minimum atomic E-state index is -0.691. The number of hydrogen-bond donors (Lipinski definition) is 0. The van der Waals surface area contributed by atoms with Crippen molar-refractivity contribution in [2.75, 3.05) is 0 Å². The molecule has 0 aliphatic rings. The van der Waals surface area contributed by atoms with Gasteiger partial charge in [0.15, 0.2) is 11.5 Å². The van der Waals surface area contributed by atoms with Crippen LogP contribution in [0.1, 0.15) is 15.9 Å². The molecule has 0 N–H and O–H groups in total. The van der Waals surface area contributed by atoms with Gasteiger partial charge in [0.1, 0.15) is 6.54 Å². The van der Waals surface area contributed by atoms with E-state index in [9.17, 15) is 9.59 Å². The van der Waals surface area contributed by atoms with Gasteiger partial charge in [-0.1, -0.05) is 24.3 Å². The van der Waals surface area contributed by atoms with E-state index in [1.165, 1.54) is 6.26 Å². The molecule has 3 rings (SSSR count). The van der Waals surface area contributed by atoms with E-state index in [0.717, 1.165) is 10.2 Å². The van der Waals surface area contributed by atoms with Crippen LogP contribution in [0.5, 0.6) is 0 Å². The SMILES string of the molecule is Cc1ccccc1C(=O)Cn1nc(-c2ccco2)oc1=O. The first-order chi connectivity index (χ1) is 10.1. The number of nitrogens with zero attached hydrogens (tertiary/aromatic N) is 2. The topological polar surface area (TPSA) is 78.2 Å². The molecule has 1 aromatic carbocycles. The number of rotatable bonds is 4. The first kappa shape index (κ1) is 13.1. The Labute approximate surface area is 119 Å². The van der Waals surface area contributed by atoms with Crippen molar-refractivity contribution < 1.29 is 13.6 Å². The van der Waals surface area contributed by atoms with Crippen molar-refractivity contribution in [1.82, 2.24) is 9.78 Å². The number of furan rings is 1. The maximum Gasteiger partial charge on any atom is 0.437 e. The van der Waals surface area contributed by atoms with E-state index < -0.39 is 5.76 Å². The predicted molar refractivity (Wildman–Crippen MR) is 74.0 cm³/mol. The Morgan fingerprint density at radius 1 is 1.24 bits per heavy atom. The second-order valence-electron chi connectivity index (χ2n) is 4.55. The summed E-state index contributed by atoms with van der Waals surface area (Å²) in [5.74, 6) is -0.491. The van der Waals surface area contributed by atoms with E-state index in [1.807, 2.05) is 19.1 Å². The van der Waals surface area contributed by atoms with Gasteiger partial charge in [0.2, 0.25) is 0 Å². The molecule has 0 unspecified atom stereocenters. The van der Waals surface area contributed by atoms with Gasteiger partial charge in [-0.05, 0) is 24.6 Å². The van der Waals surface area contributed by atoms with E-state index in [0.29, 0.717) is 11.3 Å². The molecular formula is C15H12N2O4. The van der Waals surface area contributed by atoms with Crippen molar-refractivity contribution in [2.24, 2.45) is 0 Å². The van der Waals surface area contributed by atoms with Crippen LogP contribution in [-0.4, -0.2) is 15.6 Å². The third-order valence-electron chi connectivity index (χ3n) is 3.08. The van der Waals surface area contributed by atoms with Gasteiger partial charge in [-0.2, -0.15) is 4.68 Å². The molecule has 0 saturated carbocycles. The van der Waals surface area contributed by atoms with Crippen molar-refractivity contribution in [1.29, 1.82) is 0 Å². The van der Waals surface area contributed by atoms with Crippen LogP contribution in [0.3, 0.4) is 0 Å². The molecule has 106 valence electrons. The number of aromatic nitrogens is 2. The second-order valence-corrected chi connectivity index (χ2v) is 4.55. The molecule has 2 aromatic heterocycles. The third kappa shape index (κ3) is 2.55. The first-order valence-electron chi connectivity index (χ1n) is 6.36. The fourth-order valence-corrected chi connectivity index (χ4v) is 2.01. The molecule has 6 nitrogen and oxygen atoms in total. The van der Waals surface area contributed by atoms with Crippen LogP contribution < -0.4 is 5.76 Å². The zero-order valence-electron chi connectivity index (χ0n) is 11.3. The van der Waals surface area contributed by atoms with Gasteiger partial charge in [0.05, 0.1) is 6.26 Å². The lowest BCUT2D eigenvalue weighted by Gasteiger charge is -2.03. The lowest BCUT2D eigenvalue weighted by molar-refractivity contribution is 0.0964. The molecule has 0 spiro atoms. The molecule has 6 heteroatoms. The quantitative estimate of drug-likeness (QED) is 0.687. The number of aryl methyl sites for hydroxylation is 1. The van der Waals surface area contributed by atoms with Gasteiger partial charge in [0, 0.05) is 5.56 Å². The maximum atomic E-state index is 12.2. The molecule has 2 heterocycles. The van der Waals surface area contributed by atoms with Crippen LogP contribution in [0.4, 0.5) is 0 Å². The van der Waals surface area contributed by atoms with Crippen molar-refractivity contribution in [2.45, 2.75) is 13.5 Å². The molecule has 3 aromatic rings. The Kier molecular flexibility index (Phi) is 3.27. The van der Waals surface area contributed by atoms with Gasteiger partial charge in [-0.15, -0.1) is 5.10 Å².